The Bertz CT molecular complexity index is 45.8. The summed E-state index contributed by atoms with van der Waals surface area (Å²) in [5, 5.41) is 0. The maximum atomic E-state index is 5.47. The average molecular weight is 225 g/mol. The summed E-state index contributed by atoms with van der Waals surface area (Å²) in [6.07, 6.45) is 2.50. The van der Waals surface area contributed by atoms with Gasteiger partial charge in [-0.3, -0.25) is 0 Å². The van der Waals surface area contributed by atoms with E-state index in [1.54, 1.807) is 0 Å². The first-order valence-electron chi connectivity index (χ1n) is 3.07. The normalized spacial score (nSPS) is 10.5. The first kappa shape index (κ1) is 8.78. The van der Waals surface area contributed by atoms with Crippen molar-refractivity contribution in [1.29, 1.82) is 0 Å². The number of rotatable bonds is 4. The molecule has 0 aliphatic rings. The Morgan fingerprint density at radius 2 is 2.00 bits per heavy atom. The Labute approximate surface area is 59.9 Å². The molecule has 0 radical (unpaired) electrons. The van der Waals surface area contributed by atoms with Crippen molar-refractivity contribution >= 4 is 20.6 Å². The van der Waals surface area contributed by atoms with Gasteiger partial charge in [-0.2, -0.15) is 0 Å². The first-order chi connectivity index (χ1) is 3.77. The summed E-state index contributed by atoms with van der Waals surface area (Å²) in [4.78, 5) is 4.50. The van der Waals surface area contributed by atoms with Gasteiger partial charge in [-0.1, -0.05) is 0 Å². The zero-order valence-electron chi connectivity index (χ0n) is 5.98. The van der Waals surface area contributed by atoms with E-state index < -0.39 is 20.6 Å². The molecule has 1 nitrogen and oxygen atoms in total. The molecule has 0 amide bonds. The molecule has 0 saturated heterocycles. The summed E-state index contributed by atoms with van der Waals surface area (Å²) in [5.41, 5.74) is 0. The minimum atomic E-state index is -1.06. The molecule has 50 valence electrons. The van der Waals surface area contributed by atoms with Gasteiger partial charge in [0.25, 0.3) is 0 Å². The Morgan fingerprint density at radius 1 is 1.38 bits per heavy atom. The van der Waals surface area contributed by atoms with Crippen molar-refractivity contribution < 1.29 is 3.02 Å². The van der Waals surface area contributed by atoms with Gasteiger partial charge in [-0.15, -0.1) is 0 Å². The van der Waals surface area contributed by atoms with Gasteiger partial charge in [0.1, 0.15) is 0 Å². The van der Waals surface area contributed by atoms with Crippen LogP contribution < -0.4 is 0 Å². The summed E-state index contributed by atoms with van der Waals surface area (Å²) in [6.45, 7) is 3.20. The van der Waals surface area contributed by atoms with E-state index in [2.05, 4.69) is 16.7 Å². The van der Waals surface area contributed by atoms with Crippen LogP contribution >= 0.6 is 0 Å². The monoisotopic (exact) mass is 224 g/mol. The molecule has 0 aromatic heterocycles. The predicted molar refractivity (Wildman–Crippen MR) is 38.3 cm³/mol. The second-order valence-corrected chi connectivity index (χ2v) is 7.37. The van der Waals surface area contributed by atoms with E-state index in [4.69, 9.17) is 3.02 Å². The van der Waals surface area contributed by atoms with Crippen LogP contribution in [0.4, 0.5) is 0 Å². The Balaban J connectivity index is 2.72. The average Bonchev–Trinajstić information content (AvgIpc) is 1.66. The second kappa shape index (κ2) is 5.91. The number of unbranched alkanes of at least 4 members (excludes halogenated alkanes) is 1. The van der Waals surface area contributed by atoms with Gasteiger partial charge in [-0.25, -0.2) is 0 Å². The van der Waals surface area contributed by atoms with Gasteiger partial charge in [0.15, 0.2) is 0 Å². The van der Waals surface area contributed by atoms with Crippen LogP contribution in [0.5, 0.6) is 0 Å². The Morgan fingerprint density at radius 3 is 2.38 bits per heavy atom. The molecule has 0 N–H and O–H groups in total. The molecule has 0 bridgehead atoms. The zero-order chi connectivity index (χ0) is 6.41. The van der Waals surface area contributed by atoms with Crippen molar-refractivity contribution in [2.24, 2.45) is 0 Å². The van der Waals surface area contributed by atoms with Crippen LogP contribution in [0.2, 0.25) is 9.74 Å². The van der Waals surface area contributed by atoms with Crippen LogP contribution in [-0.2, 0) is 3.02 Å². The van der Waals surface area contributed by atoms with Crippen LogP contribution in [-0.4, -0.2) is 27.2 Å². The molecule has 0 aliphatic carbocycles. The summed E-state index contributed by atoms with van der Waals surface area (Å²) in [5.74, 6) is 0. The molecule has 0 atom stereocenters. The van der Waals surface area contributed by atoms with Gasteiger partial charge in [0.05, 0.1) is 0 Å². The molecule has 2 heteroatoms. The zero-order valence-corrected chi connectivity index (χ0v) is 8.53. The van der Waals surface area contributed by atoms with E-state index in [0.29, 0.717) is 0 Å². The van der Waals surface area contributed by atoms with Crippen LogP contribution in [0.1, 0.15) is 19.8 Å². The molecule has 0 heterocycles. The summed E-state index contributed by atoms with van der Waals surface area (Å²) in [6, 6.07) is 0. The fraction of sp³-hybridized carbons (Fsp3) is 1.00. The Hall–Kier alpha value is 0.778. The summed E-state index contributed by atoms with van der Waals surface area (Å²) in [7, 11) is 0. The van der Waals surface area contributed by atoms with Crippen LogP contribution in [0.3, 0.4) is 0 Å². The SMILES string of the molecule is CCCC[O][Sb]([CH3])[CH3]. The number of hydrogen-bond donors (Lipinski definition) is 0. The van der Waals surface area contributed by atoms with Crippen LogP contribution in [0.15, 0.2) is 0 Å². The van der Waals surface area contributed by atoms with Crippen molar-refractivity contribution in [2.75, 3.05) is 6.61 Å². The van der Waals surface area contributed by atoms with Crippen molar-refractivity contribution in [2.45, 2.75) is 29.5 Å². The van der Waals surface area contributed by atoms with E-state index >= 15 is 0 Å². The van der Waals surface area contributed by atoms with Gasteiger partial charge in [0.2, 0.25) is 0 Å². The quantitative estimate of drug-likeness (QED) is 0.525. The third-order valence-electron chi connectivity index (χ3n) is 0.847. The molecule has 0 aromatic rings. The van der Waals surface area contributed by atoms with E-state index in [-0.39, 0.29) is 0 Å². The molecule has 0 spiro atoms. The van der Waals surface area contributed by atoms with Crippen molar-refractivity contribution in [1.82, 2.24) is 0 Å². The topological polar surface area (TPSA) is 9.23 Å². The molecule has 0 rings (SSSR count). The van der Waals surface area contributed by atoms with Gasteiger partial charge in [-0.05, 0) is 0 Å². The van der Waals surface area contributed by atoms with E-state index in [1.165, 1.54) is 12.8 Å². The molecule has 0 aliphatic heterocycles. The minimum absolute atomic E-state index is 1.01. The predicted octanol–water partition coefficient (Wildman–Crippen LogP) is 2.05. The molecule has 0 saturated carbocycles. The molecule has 0 aromatic carbocycles. The van der Waals surface area contributed by atoms with E-state index in [0.717, 1.165) is 6.61 Å². The number of hydrogen-bond acceptors (Lipinski definition) is 1. The van der Waals surface area contributed by atoms with Gasteiger partial charge < -0.3 is 0 Å². The maximum absolute atomic E-state index is 5.47. The summed E-state index contributed by atoms with van der Waals surface area (Å²) < 4.78 is 5.47. The van der Waals surface area contributed by atoms with Crippen molar-refractivity contribution in [3.05, 3.63) is 0 Å². The van der Waals surface area contributed by atoms with Gasteiger partial charge in [0, 0.05) is 0 Å². The summed E-state index contributed by atoms with van der Waals surface area (Å²) >= 11 is -1.06. The van der Waals surface area contributed by atoms with E-state index in [9.17, 15) is 0 Å². The van der Waals surface area contributed by atoms with Crippen LogP contribution in [0.25, 0.3) is 0 Å². The Kier molecular flexibility index (Phi) is 6.48. The van der Waals surface area contributed by atoms with Crippen molar-refractivity contribution in [3.8, 4) is 0 Å². The van der Waals surface area contributed by atoms with Crippen LogP contribution in [0, 0.1) is 0 Å². The molecule has 0 unspecified atom stereocenters. The standard InChI is InChI=1S/C4H9O.2CH3.Sb/c1-2-3-4-5;;;/h2-4H2,1H3;2*1H3;/q-1;;;+1. The second-order valence-electron chi connectivity index (χ2n) is 2.00. The third kappa shape index (κ3) is 6.78. The molecule has 0 fully saturated rings. The third-order valence-corrected chi connectivity index (χ3v) is 2.84. The van der Waals surface area contributed by atoms with E-state index in [1.807, 2.05) is 0 Å². The van der Waals surface area contributed by atoms with Crippen molar-refractivity contribution in [3.63, 3.8) is 0 Å². The molecular weight excluding hydrogens is 210 g/mol. The first-order valence-corrected chi connectivity index (χ1v) is 9.22. The fourth-order valence-corrected chi connectivity index (χ4v) is 1.80. The molecule has 8 heavy (non-hydrogen) atoms. The fourth-order valence-electron chi connectivity index (χ4n) is 0.391. The molecular formula is C6H15OSb. The van der Waals surface area contributed by atoms with Gasteiger partial charge >= 0.3 is 59.8 Å².